The van der Waals surface area contributed by atoms with E-state index in [0.29, 0.717) is 5.71 Å². The molecule has 0 heterocycles. The largest absolute Gasteiger partial charge is 0.299 e. The number of rotatable bonds is 1. The summed E-state index contributed by atoms with van der Waals surface area (Å²) in [5.41, 5.74) is 2.37. The number of allylic oxidation sites excluding steroid dienone is 4. The van der Waals surface area contributed by atoms with E-state index in [0.717, 1.165) is 11.1 Å². The predicted molar refractivity (Wildman–Crippen MR) is 59.0 cm³/mol. The minimum absolute atomic E-state index is 0.270. The Morgan fingerprint density at radius 3 is 2.36 bits per heavy atom. The molecule has 2 rings (SSSR count). The van der Waals surface area contributed by atoms with Crippen LogP contribution in [-0.2, 0) is 0 Å². The van der Waals surface area contributed by atoms with E-state index in [1.165, 1.54) is 0 Å². The van der Waals surface area contributed by atoms with Crippen molar-refractivity contribution >= 4 is 17.0 Å². The number of hydrogen-bond donors (Lipinski definition) is 2. The van der Waals surface area contributed by atoms with Crippen LogP contribution in [0.2, 0.25) is 0 Å². The second-order valence-corrected chi connectivity index (χ2v) is 3.09. The fourth-order valence-corrected chi connectivity index (χ4v) is 1.41. The average molecular weight is 182 g/mol. The Morgan fingerprint density at radius 2 is 1.64 bits per heavy atom. The van der Waals surface area contributed by atoms with Crippen molar-refractivity contribution in [3.63, 3.8) is 0 Å². The third-order valence-corrected chi connectivity index (χ3v) is 2.15. The zero-order valence-corrected chi connectivity index (χ0v) is 7.62. The van der Waals surface area contributed by atoms with Gasteiger partial charge in [-0.25, -0.2) is 0 Å². The molecular weight excluding hydrogens is 172 g/mol. The molecule has 2 N–H and O–H groups in total. The number of benzene rings is 1. The normalized spacial score (nSPS) is 15.6. The van der Waals surface area contributed by atoms with E-state index in [9.17, 15) is 0 Å². The van der Waals surface area contributed by atoms with E-state index in [4.69, 9.17) is 10.8 Å². The van der Waals surface area contributed by atoms with Crippen LogP contribution in [0.3, 0.4) is 0 Å². The smallest absolute Gasteiger partial charge is 0.0867 e. The molecular formula is C12H10N2. The molecule has 0 saturated heterocycles. The first kappa shape index (κ1) is 8.63. The van der Waals surface area contributed by atoms with E-state index >= 15 is 0 Å². The molecule has 0 unspecified atom stereocenters. The van der Waals surface area contributed by atoms with Crippen LogP contribution in [0.15, 0.2) is 48.6 Å². The molecule has 0 bridgehead atoms. The van der Waals surface area contributed by atoms with Gasteiger partial charge in [0, 0.05) is 5.57 Å². The Kier molecular flexibility index (Phi) is 2.11. The Morgan fingerprint density at radius 1 is 0.929 bits per heavy atom. The summed E-state index contributed by atoms with van der Waals surface area (Å²) in [5.74, 6) is 0. The van der Waals surface area contributed by atoms with Crippen LogP contribution in [0.25, 0.3) is 5.57 Å². The lowest BCUT2D eigenvalue weighted by molar-refractivity contribution is 1.48. The van der Waals surface area contributed by atoms with Crippen LogP contribution in [0.5, 0.6) is 0 Å². The summed E-state index contributed by atoms with van der Waals surface area (Å²) in [6, 6.07) is 9.72. The maximum atomic E-state index is 7.75. The van der Waals surface area contributed by atoms with Crippen LogP contribution >= 0.6 is 0 Å². The van der Waals surface area contributed by atoms with Gasteiger partial charge in [0.2, 0.25) is 0 Å². The molecule has 0 fully saturated rings. The first-order chi connectivity index (χ1) is 6.79. The van der Waals surface area contributed by atoms with Crippen molar-refractivity contribution in [3.8, 4) is 0 Å². The molecule has 0 amide bonds. The van der Waals surface area contributed by atoms with E-state index in [2.05, 4.69) is 0 Å². The molecule has 68 valence electrons. The van der Waals surface area contributed by atoms with Gasteiger partial charge < -0.3 is 0 Å². The first-order valence-corrected chi connectivity index (χ1v) is 4.40. The second kappa shape index (κ2) is 3.42. The molecule has 14 heavy (non-hydrogen) atoms. The Bertz CT molecular complexity index is 439. The monoisotopic (exact) mass is 182 g/mol. The number of nitrogens with one attached hydrogen (secondary N) is 2. The summed E-state index contributed by atoms with van der Waals surface area (Å²) in [4.78, 5) is 0. The van der Waals surface area contributed by atoms with Gasteiger partial charge in [0.25, 0.3) is 0 Å². The summed E-state index contributed by atoms with van der Waals surface area (Å²) in [6.07, 6.45) is 5.31. The topological polar surface area (TPSA) is 47.7 Å². The van der Waals surface area contributed by atoms with Gasteiger partial charge in [0.1, 0.15) is 0 Å². The molecule has 0 atom stereocenters. The maximum absolute atomic E-state index is 7.75. The van der Waals surface area contributed by atoms with Crippen molar-refractivity contribution < 1.29 is 0 Å². The van der Waals surface area contributed by atoms with Gasteiger partial charge in [0.05, 0.1) is 11.4 Å². The third kappa shape index (κ3) is 1.42. The minimum Gasteiger partial charge on any atom is -0.299 e. The van der Waals surface area contributed by atoms with E-state index in [-0.39, 0.29) is 5.71 Å². The summed E-state index contributed by atoms with van der Waals surface area (Å²) in [6.45, 7) is 0. The molecule has 0 spiro atoms. The summed E-state index contributed by atoms with van der Waals surface area (Å²) < 4.78 is 0. The lowest BCUT2D eigenvalue weighted by Gasteiger charge is -2.11. The van der Waals surface area contributed by atoms with Gasteiger partial charge in [-0.1, -0.05) is 42.5 Å². The molecule has 1 aromatic rings. The van der Waals surface area contributed by atoms with Crippen molar-refractivity contribution in [1.29, 1.82) is 10.8 Å². The summed E-state index contributed by atoms with van der Waals surface area (Å²) >= 11 is 0. The van der Waals surface area contributed by atoms with Crippen molar-refractivity contribution in [2.45, 2.75) is 0 Å². The highest BCUT2D eigenvalue weighted by Crippen LogP contribution is 2.18. The predicted octanol–water partition coefficient (Wildman–Crippen LogP) is 2.68. The summed E-state index contributed by atoms with van der Waals surface area (Å²) in [5, 5.41) is 15.3. The van der Waals surface area contributed by atoms with Crippen LogP contribution < -0.4 is 0 Å². The van der Waals surface area contributed by atoms with Crippen molar-refractivity contribution in [1.82, 2.24) is 0 Å². The van der Waals surface area contributed by atoms with Crippen LogP contribution in [0, 0.1) is 10.8 Å². The van der Waals surface area contributed by atoms with Gasteiger partial charge in [0.15, 0.2) is 0 Å². The van der Waals surface area contributed by atoms with Crippen LogP contribution in [0.1, 0.15) is 5.56 Å². The standard InChI is InChI=1S/C12H10N2/c13-11-8-4-7-10(12(11)14)9-5-2-1-3-6-9/h1-8,13-14H. The SMILES string of the molecule is N=C1C=CC=C(c2ccccc2)C1=N. The van der Waals surface area contributed by atoms with Crippen molar-refractivity contribution in [2.75, 3.05) is 0 Å². The van der Waals surface area contributed by atoms with Crippen molar-refractivity contribution in [2.24, 2.45) is 0 Å². The molecule has 2 heteroatoms. The fourth-order valence-electron chi connectivity index (χ4n) is 1.41. The zero-order chi connectivity index (χ0) is 9.97. The molecule has 1 aliphatic carbocycles. The average Bonchev–Trinajstić information content (AvgIpc) is 2.23. The molecule has 0 aromatic heterocycles. The molecule has 0 radical (unpaired) electrons. The third-order valence-electron chi connectivity index (χ3n) is 2.15. The van der Waals surface area contributed by atoms with Gasteiger partial charge in [-0.2, -0.15) is 0 Å². The van der Waals surface area contributed by atoms with E-state index in [1.807, 2.05) is 42.5 Å². The first-order valence-electron chi connectivity index (χ1n) is 4.40. The molecule has 1 aromatic carbocycles. The Balaban J connectivity index is 2.45. The lowest BCUT2D eigenvalue weighted by atomic mass is 9.94. The second-order valence-electron chi connectivity index (χ2n) is 3.09. The zero-order valence-electron chi connectivity index (χ0n) is 7.62. The van der Waals surface area contributed by atoms with Gasteiger partial charge in [-0.3, -0.25) is 10.8 Å². The number of hydrogen-bond acceptors (Lipinski definition) is 2. The highest BCUT2D eigenvalue weighted by atomic mass is 14.5. The molecule has 0 aliphatic heterocycles. The highest BCUT2D eigenvalue weighted by molar-refractivity contribution is 6.59. The molecule has 1 aliphatic rings. The minimum atomic E-state index is 0.270. The highest BCUT2D eigenvalue weighted by Gasteiger charge is 2.12. The lowest BCUT2D eigenvalue weighted by Crippen LogP contribution is -2.13. The van der Waals surface area contributed by atoms with Gasteiger partial charge in [-0.05, 0) is 11.6 Å². The Labute approximate surface area is 82.6 Å². The van der Waals surface area contributed by atoms with Crippen LogP contribution in [-0.4, -0.2) is 11.4 Å². The van der Waals surface area contributed by atoms with Crippen molar-refractivity contribution in [3.05, 3.63) is 54.1 Å². The fraction of sp³-hybridized carbons (Fsp3) is 0. The Hall–Kier alpha value is -1.96. The molecule has 0 saturated carbocycles. The van der Waals surface area contributed by atoms with Gasteiger partial charge >= 0.3 is 0 Å². The maximum Gasteiger partial charge on any atom is 0.0867 e. The van der Waals surface area contributed by atoms with E-state index in [1.54, 1.807) is 6.08 Å². The summed E-state index contributed by atoms with van der Waals surface area (Å²) in [7, 11) is 0. The van der Waals surface area contributed by atoms with Crippen LogP contribution in [0.4, 0.5) is 0 Å². The quantitative estimate of drug-likeness (QED) is 0.627. The molecule has 2 nitrogen and oxygen atoms in total. The van der Waals surface area contributed by atoms with E-state index < -0.39 is 0 Å². The van der Waals surface area contributed by atoms with Gasteiger partial charge in [-0.15, -0.1) is 0 Å².